The molecule has 13 heavy (non-hydrogen) atoms. The van der Waals surface area contributed by atoms with Crippen LogP contribution in [0.3, 0.4) is 0 Å². The van der Waals surface area contributed by atoms with E-state index in [0.29, 0.717) is 0 Å². The van der Waals surface area contributed by atoms with E-state index in [9.17, 15) is 10.1 Å². The SMILES string of the molecule is Cc1cc(C)cc(SC[N+](=O)[O-])c1. The molecule has 1 aromatic carbocycles. The van der Waals surface area contributed by atoms with E-state index in [2.05, 4.69) is 6.07 Å². The van der Waals surface area contributed by atoms with Crippen LogP contribution < -0.4 is 0 Å². The Labute approximate surface area is 81.3 Å². The summed E-state index contributed by atoms with van der Waals surface area (Å²) >= 11 is 1.26. The minimum atomic E-state index is -0.317. The first-order valence-electron chi connectivity index (χ1n) is 3.91. The van der Waals surface area contributed by atoms with Gasteiger partial charge >= 0.3 is 0 Å². The van der Waals surface area contributed by atoms with Gasteiger partial charge in [-0.05, 0) is 48.9 Å². The normalized spacial score (nSPS) is 10.0. The van der Waals surface area contributed by atoms with Crippen molar-refractivity contribution in [3.63, 3.8) is 0 Å². The van der Waals surface area contributed by atoms with Gasteiger partial charge in [-0.1, -0.05) is 6.07 Å². The fourth-order valence-electron chi connectivity index (χ4n) is 1.14. The summed E-state index contributed by atoms with van der Waals surface area (Å²) in [4.78, 5) is 10.8. The van der Waals surface area contributed by atoms with Crippen LogP contribution in [0.1, 0.15) is 11.1 Å². The first kappa shape index (κ1) is 10.1. The summed E-state index contributed by atoms with van der Waals surface area (Å²) in [6.45, 7) is 3.98. The second kappa shape index (κ2) is 4.28. The lowest BCUT2D eigenvalue weighted by Crippen LogP contribution is -1.95. The molecule has 0 aromatic heterocycles. The van der Waals surface area contributed by atoms with Crippen LogP contribution in [0.15, 0.2) is 23.1 Å². The second-order valence-corrected chi connectivity index (χ2v) is 3.95. The van der Waals surface area contributed by atoms with Gasteiger partial charge in [-0.25, -0.2) is 0 Å². The van der Waals surface area contributed by atoms with Crippen molar-refractivity contribution in [2.75, 3.05) is 5.88 Å². The van der Waals surface area contributed by atoms with Crippen LogP contribution in [-0.2, 0) is 0 Å². The number of hydrogen-bond acceptors (Lipinski definition) is 3. The summed E-state index contributed by atoms with van der Waals surface area (Å²) < 4.78 is 0. The van der Waals surface area contributed by atoms with Crippen molar-refractivity contribution in [1.29, 1.82) is 0 Å². The number of thioether (sulfide) groups is 1. The molecule has 0 N–H and O–H groups in total. The molecule has 0 heterocycles. The van der Waals surface area contributed by atoms with E-state index in [-0.39, 0.29) is 10.8 Å². The standard InChI is InChI=1S/C9H11NO2S/c1-7-3-8(2)5-9(4-7)13-6-10(11)12/h3-5H,6H2,1-2H3. The average molecular weight is 197 g/mol. The fourth-order valence-corrected chi connectivity index (χ4v) is 1.94. The molecule has 70 valence electrons. The number of rotatable bonds is 3. The van der Waals surface area contributed by atoms with Gasteiger partial charge in [-0.2, -0.15) is 0 Å². The van der Waals surface area contributed by atoms with Gasteiger partial charge < -0.3 is 0 Å². The third-order valence-corrected chi connectivity index (χ3v) is 2.44. The summed E-state index contributed by atoms with van der Waals surface area (Å²) in [5.41, 5.74) is 2.29. The van der Waals surface area contributed by atoms with E-state index in [0.717, 1.165) is 16.0 Å². The lowest BCUT2D eigenvalue weighted by Gasteiger charge is -2.01. The first-order valence-corrected chi connectivity index (χ1v) is 4.89. The number of hydrogen-bond donors (Lipinski definition) is 0. The quantitative estimate of drug-likeness (QED) is 0.324. The highest BCUT2D eigenvalue weighted by atomic mass is 32.2. The molecule has 3 nitrogen and oxygen atoms in total. The largest absolute Gasteiger partial charge is 0.264 e. The zero-order chi connectivity index (χ0) is 9.84. The Bertz CT molecular complexity index is 305. The van der Waals surface area contributed by atoms with Crippen LogP contribution in [0.5, 0.6) is 0 Å². The summed E-state index contributed by atoms with van der Waals surface area (Å²) in [6, 6.07) is 5.97. The maximum atomic E-state index is 10.1. The zero-order valence-corrected chi connectivity index (χ0v) is 8.43. The Balaban J connectivity index is 2.71. The molecule has 0 bridgehead atoms. The van der Waals surface area contributed by atoms with Crippen molar-refractivity contribution in [2.24, 2.45) is 0 Å². The van der Waals surface area contributed by atoms with E-state index in [1.807, 2.05) is 26.0 Å². The van der Waals surface area contributed by atoms with Crippen molar-refractivity contribution < 1.29 is 4.92 Å². The Morgan fingerprint density at radius 2 is 1.85 bits per heavy atom. The highest BCUT2D eigenvalue weighted by Gasteiger charge is 2.01. The molecule has 0 spiro atoms. The first-order chi connectivity index (χ1) is 6.08. The van der Waals surface area contributed by atoms with E-state index in [4.69, 9.17) is 0 Å². The average Bonchev–Trinajstić information content (AvgIpc) is 1.99. The zero-order valence-electron chi connectivity index (χ0n) is 7.61. The molecular formula is C9H11NO2S. The summed E-state index contributed by atoms with van der Waals surface area (Å²) in [5.74, 6) is -0.0666. The van der Waals surface area contributed by atoms with Crippen molar-refractivity contribution in [1.82, 2.24) is 0 Å². The topological polar surface area (TPSA) is 43.1 Å². The molecule has 0 unspecified atom stereocenters. The van der Waals surface area contributed by atoms with E-state index in [1.165, 1.54) is 11.8 Å². The van der Waals surface area contributed by atoms with Gasteiger partial charge in [0, 0.05) is 9.82 Å². The Morgan fingerprint density at radius 3 is 2.31 bits per heavy atom. The van der Waals surface area contributed by atoms with Gasteiger partial charge in [0.25, 0.3) is 5.88 Å². The monoisotopic (exact) mass is 197 g/mol. The molecule has 0 saturated heterocycles. The molecular weight excluding hydrogens is 186 g/mol. The van der Waals surface area contributed by atoms with Crippen LogP contribution in [-0.4, -0.2) is 10.8 Å². The minimum Gasteiger partial charge on any atom is -0.264 e. The number of nitro groups is 1. The maximum Gasteiger partial charge on any atom is 0.253 e. The van der Waals surface area contributed by atoms with Crippen molar-refractivity contribution >= 4 is 11.8 Å². The summed E-state index contributed by atoms with van der Waals surface area (Å²) in [5, 5.41) is 10.1. The number of aryl methyl sites for hydroxylation is 2. The molecule has 1 aromatic rings. The number of benzene rings is 1. The molecule has 0 aliphatic heterocycles. The van der Waals surface area contributed by atoms with Gasteiger partial charge in [0.05, 0.1) is 0 Å². The van der Waals surface area contributed by atoms with Crippen LogP contribution in [0.25, 0.3) is 0 Å². The molecule has 0 fully saturated rings. The Hall–Kier alpha value is -1.03. The van der Waals surface area contributed by atoms with Gasteiger partial charge in [0.2, 0.25) is 0 Å². The van der Waals surface area contributed by atoms with Gasteiger partial charge in [-0.3, -0.25) is 10.1 Å². The molecule has 0 radical (unpaired) electrons. The maximum absolute atomic E-state index is 10.1. The van der Waals surface area contributed by atoms with Gasteiger partial charge in [-0.15, -0.1) is 0 Å². The van der Waals surface area contributed by atoms with Gasteiger partial charge in [0.1, 0.15) is 0 Å². The highest BCUT2D eigenvalue weighted by molar-refractivity contribution is 7.99. The number of nitrogens with zero attached hydrogens (tertiary/aromatic N) is 1. The van der Waals surface area contributed by atoms with Crippen molar-refractivity contribution in [3.8, 4) is 0 Å². The van der Waals surface area contributed by atoms with Crippen LogP contribution >= 0.6 is 11.8 Å². The Morgan fingerprint density at radius 1 is 1.31 bits per heavy atom. The fraction of sp³-hybridized carbons (Fsp3) is 0.333. The molecule has 0 aliphatic rings. The second-order valence-electron chi connectivity index (χ2n) is 2.93. The van der Waals surface area contributed by atoms with E-state index in [1.54, 1.807) is 0 Å². The molecule has 4 heteroatoms. The van der Waals surface area contributed by atoms with Gasteiger partial charge in [0.15, 0.2) is 0 Å². The third kappa shape index (κ3) is 3.46. The molecule has 1 rings (SSSR count). The van der Waals surface area contributed by atoms with E-state index < -0.39 is 0 Å². The van der Waals surface area contributed by atoms with E-state index >= 15 is 0 Å². The smallest absolute Gasteiger partial charge is 0.253 e. The Kier molecular flexibility index (Phi) is 3.31. The van der Waals surface area contributed by atoms with Crippen molar-refractivity contribution in [2.45, 2.75) is 18.7 Å². The summed E-state index contributed by atoms with van der Waals surface area (Å²) in [7, 11) is 0. The van der Waals surface area contributed by atoms with Crippen LogP contribution in [0.2, 0.25) is 0 Å². The molecule has 0 amide bonds. The van der Waals surface area contributed by atoms with Crippen molar-refractivity contribution in [3.05, 3.63) is 39.4 Å². The minimum absolute atomic E-state index is 0.0666. The third-order valence-electron chi connectivity index (χ3n) is 1.53. The predicted molar refractivity (Wildman–Crippen MR) is 53.6 cm³/mol. The summed E-state index contributed by atoms with van der Waals surface area (Å²) in [6.07, 6.45) is 0. The molecule has 0 aliphatic carbocycles. The lowest BCUT2D eigenvalue weighted by molar-refractivity contribution is -0.456. The van der Waals surface area contributed by atoms with Crippen LogP contribution in [0.4, 0.5) is 0 Å². The molecule has 0 atom stereocenters. The highest BCUT2D eigenvalue weighted by Crippen LogP contribution is 2.20. The van der Waals surface area contributed by atoms with Crippen LogP contribution in [0, 0.1) is 24.0 Å². The predicted octanol–water partition coefficient (Wildman–Crippen LogP) is 2.63. The molecule has 0 saturated carbocycles. The lowest BCUT2D eigenvalue weighted by atomic mass is 10.2.